The van der Waals surface area contributed by atoms with Crippen LogP contribution in [0.15, 0.2) is 103 Å². The molecule has 0 saturated carbocycles. The largest absolute Gasteiger partial charge is 0.497 e. The molecule has 1 aromatic heterocycles. The van der Waals surface area contributed by atoms with Crippen LogP contribution >= 0.6 is 0 Å². The summed E-state index contributed by atoms with van der Waals surface area (Å²) in [4.78, 5) is 9.34. The van der Waals surface area contributed by atoms with Crippen LogP contribution in [0.5, 0.6) is 23.0 Å². The molecule has 266 valence electrons. The number of hydrogen-bond donors (Lipinski definition) is 0. The van der Waals surface area contributed by atoms with Gasteiger partial charge in [-0.3, -0.25) is 9.88 Å². The van der Waals surface area contributed by atoms with Crippen molar-refractivity contribution in [1.82, 2.24) is 9.88 Å². The first kappa shape index (κ1) is 35.7. The van der Waals surface area contributed by atoms with E-state index in [4.69, 9.17) is 18.9 Å². The molecule has 1 aliphatic carbocycles. The molecule has 6 rings (SSSR count). The number of ether oxygens (including phenoxy) is 4. The highest BCUT2D eigenvalue weighted by atomic mass is 19.1. The molecule has 0 atom stereocenters. The maximum Gasteiger partial charge on any atom is 0.203 e. The van der Waals surface area contributed by atoms with E-state index < -0.39 is 11.6 Å². The van der Waals surface area contributed by atoms with Crippen molar-refractivity contribution in [2.24, 2.45) is 0 Å². The summed E-state index contributed by atoms with van der Waals surface area (Å²) in [5.41, 5.74) is 6.64. The number of nitrogens with zero attached hydrogens (tertiary/aromatic N) is 3. The second-order valence-corrected chi connectivity index (χ2v) is 12.8. The summed E-state index contributed by atoms with van der Waals surface area (Å²) in [5, 5.41) is 0. The number of hydrogen-bond acceptors (Lipinski definition) is 7. The molecule has 7 nitrogen and oxygen atoms in total. The predicted molar refractivity (Wildman–Crippen MR) is 199 cm³/mol. The SMILES string of the molecule is COc1ccc(N(CC2=C/C=C/CC/C(c3cc(OC)c(OC)c(OC)c3)=C\2)C2CCN(Cc3ccnc(-c4cc(F)cc(F)c4)c3)CC2)cc1. The highest BCUT2D eigenvalue weighted by Crippen LogP contribution is 2.41. The number of benzene rings is 3. The van der Waals surface area contributed by atoms with Crippen LogP contribution < -0.4 is 23.8 Å². The number of likely N-dealkylation sites (tertiary alicyclic amines) is 1. The molecule has 0 bridgehead atoms. The molecule has 9 heteroatoms. The Hall–Kier alpha value is -5.15. The molecule has 2 heterocycles. The maximum absolute atomic E-state index is 13.9. The highest BCUT2D eigenvalue weighted by molar-refractivity contribution is 5.74. The molecular weight excluding hydrogens is 648 g/mol. The van der Waals surface area contributed by atoms with Gasteiger partial charge in [-0.1, -0.05) is 24.3 Å². The number of piperidine rings is 1. The molecule has 0 amide bonds. The van der Waals surface area contributed by atoms with E-state index in [1.807, 2.05) is 36.4 Å². The lowest BCUT2D eigenvalue weighted by molar-refractivity contribution is 0.202. The number of methoxy groups -OCH3 is 4. The summed E-state index contributed by atoms with van der Waals surface area (Å²) in [6.45, 7) is 3.29. The fourth-order valence-corrected chi connectivity index (χ4v) is 6.94. The smallest absolute Gasteiger partial charge is 0.203 e. The van der Waals surface area contributed by atoms with Crippen molar-refractivity contribution >= 4 is 11.3 Å². The van der Waals surface area contributed by atoms with E-state index in [-0.39, 0.29) is 0 Å². The fraction of sp³-hybridized carbons (Fsp3) is 0.310. The molecular formula is C42H45F2N3O4. The molecule has 0 radical (unpaired) electrons. The van der Waals surface area contributed by atoms with Gasteiger partial charge in [0.15, 0.2) is 11.5 Å². The summed E-state index contributed by atoms with van der Waals surface area (Å²) in [7, 11) is 6.59. The van der Waals surface area contributed by atoms with E-state index in [0.717, 1.165) is 80.5 Å². The predicted octanol–water partition coefficient (Wildman–Crippen LogP) is 8.89. The Balaban J connectivity index is 1.22. The van der Waals surface area contributed by atoms with Crippen molar-refractivity contribution in [2.45, 2.75) is 38.3 Å². The van der Waals surface area contributed by atoms with Gasteiger partial charge in [-0.2, -0.15) is 0 Å². The molecule has 1 saturated heterocycles. The zero-order valence-corrected chi connectivity index (χ0v) is 29.7. The summed E-state index contributed by atoms with van der Waals surface area (Å²) in [5.74, 6) is 1.44. The minimum atomic E-state index is -0.611. The lowest BCUT2D eigenvalue weighted by Gasteiger charge is -2.40. The standard InChI is InChI=1S/C42H45F2N3O4/c1-48-38-12-10-36(11-13-38)47(28-29-8-6-5-7-9-31(20-29)32-24-40(49-2)42(51-4)41(25-32)50-3)37-15-18-46(19-16-37)27-30-14-17-45-39(21-30)33-22-34(43)26-35(44)23-33/h5-6,8,10-14,17,20-26,37H,7,9,15-16,18-19,27-28H2,1-4H3/b6-5+,29-8+,31-20+. The molecule has 0 N–H and O–H groups in total. The van der Waals surface area contributed by atoms with Crippen LogP contribution in [0.2, 0.25) is 0 Å². The van der Waals surface area contributed by atoms with Gasteiger partial charge in [0.25, 0.3) is 0 Å². The van der Waals surface area contributed by atoms with Crippen LogP contribution in [0.4, 0.5) is 14.5 Å². The van der Waals surface area contributed by atoms with Crippen molar-refractivity contribution in [1.29, 1.82) is 0 Å². The van der Waals surface area contributed by atoms with E-state index in [1.54, 1.807) is 34.6 Å². The Morgan fingerprint density at radius 3 is 2.16 bits per heavy atom. The third-order valence-corrected chi connectivity index (χ3v) is 9.57. The number of halogens is 2. The van der Waals surface area contributed by atoms with Crippen molar-refractivity contribution in [3.8, 4) is 34.3 Å². The zero-order valence-electron chi connectivity index (χ0n) is 29.7. The molecule has 0 unspecified atom stereocenters. The van der Waals surface area contributed by atoms with Crippen LogP contribution in [-0.4, -0.2) is 64.0 Å². The van der Waals surface area contributed by atoms with Crippen LogP contribution in [0, 0.1) is 11.6 Å². The van der Waals surface area contributed by atoms with Crippen LogP contribution in [0.25, 0.3) is 16.8 Å². The van der Waals surface area contributed by atoms with E-state index in [9.17, 15) is 8.78 Å². The minimum absolute atomic E-state index is 0.311. The Morgan fingerprint density at radius 1 is 0.804 bits per heavy atom. The Morgan fingerprint density at radius 2 is 1.51 bits per heavy atom. The summed E-state index contributed by atoms with van der Waals surface area (Å²) in [6.07, 6.45) is 14.4. The Bertz CT molecular complexity index is 1850. The Labute approximate surface area is 299 Å². The molecule has 51 heavy (non-hydrogen) atoms. The monoisotopic (exact) mass is 693 g/mol. The Kier molecular flexibility index (Phi) is 11.7. The quantitative estimate of drug-likeness (QED) is 0.147. The third kappa shape index (κ3) is 8.78. The van der Waals surface area contributed by atoms with Crippen LogP contribution in [0.3, 0.4) is 0 Å². The first-order valence-electron chi connectivity index (χ1n) is 17.3. The molecule has 1 aliphatic heterocycles. The summed E-state index contributed by atoms with van der Waals surface area (Å²) >= 11 is 0. The molecule has 4 aromatic rings. The lowest BCUT2D eigenvalue weighted by atomic mass is 9.94. The number of aromatic nitrogens is 1. The number of rotatable bonds is 12. The van der Waals surface area contributed by atoms with E-state index in [0.29, 0.717) is 34.5 Å². The summed E-state index contributed by atoms with van der Waals surface area (Å²) in [6, 6.07) is 20.1. The van der Waals surface area contributed by atoms with Crippen molar-refractivity contribution in [3.05, 3.63) is 126 Å². The highest BCUT2D eigenvalue weighted by Gasteiger charge is 2.26. The molecule has 3 aromatic carbocycles. The lowest BCUT2D eigenvalue weighted by Crippen LogP contribution is -2.45. The first-order valence-corrected chi connectivity index (χ1v) is 17.3. The summed E-state index contributed by atoms with van der Waals surface area (Å²) < 4.78 is 50.2. The zero-order chi connectivity index (χ0) is 35.7. The topological polar surface area (TPSA) is 56.3 Å². The third-order valence-electron chi connectivity index (χ3n) is 9.57. The van der Waals surface area contributed by atoms with Gasteiger partial charge in [-0.25, -0.2) is 8.78 Å². The molecule has 0 spiro atoms. The van der Waals surface area contributed by atoms with Crippen LogP contribution in [0.1, 0.15) is 36.8 Å². The van der Waals surface area contributed by atoms with E-state index in [2.05, 4.69) is 51.2 Å². The van der Waals surface area contributed by atoms with Gasteiger partial charge in [0.2, 0.25) is 5.75 Å². The maximum atomic E-state index is 13.9. The van der Waals surface area contributed by atoms with Crippen molar-refractivity contribution in [3.63, 3.8) is 0 Å². The van der Waals surface area contributed by atoms with Crippen molar-refractivity contribution < 1.29 is 27.7 Å². The molecule has 2 aliphatic rings. The minimum Gasteiger partial charge on any atom is -0.497 e. The van der Waals surface area contributed by atoms with Gasteiger partial charge in [-0.15, -0.1) is 0 Å². The number of anilines is 1. The van der Waals surface area contributed by atoms with Gasteiger partial charge < -0.3 is 23.8 Å². The average Bonchev–Trinajstić information content (AvgIpc) is 3.14. The van der Waals surface area contributed by atoms with Gasteiger partial charge in [0.1, 0.15) is 17.4 Å². The number of pyridine rings is 1. The van der Waals surface area contributed by atoms with Crippen molar-refractivity contribution in [2.75, 3.05) is 53.0 Å². The fourth-order valence-electron chi connectivity index (χ4n) is 6.94. The average molecular weight is 694 g/mol. The van der Waals surface area contributed by atoms with Gasteiger partial charge in [-0.05, 0) is 109 Å². The van der Waals surface area contributed by atoms with E-state index >= 15 is 0 Å². The number of allylic oxidation sites excluding steroid dienone is 4. The van der Waals surface area contributed by atoms with Gasteiger partial charge in [0.05, 0.1) is 34.1 Å². The van der Waals surface area contributed by atoms with Gasteiger partial charge in [0, 0.05) is 55.7 Å². The second-order valence-electron chi connectivity index (χ2n) is 12.8. The van der Waals surface area contributed by atoms with E-state index in [1.165, 1.54) is 23.3 Å². The first-order chi connectivity index (χ1) is 24.9. The van der Waals surface area contributed by atoms with Gasteiger partial charge >= 0.3 is 0 Å². The normalized spacial score (nSPS) is 18.0. The second kappa shape index (κ2) is 16.7. The molecule has 1 fully saturated rings. The van der Waals surface area contributed by atoms with Crippen LogP contribution in [-0.2, 0) is 6.54 Å².